The highest BCUT2D eigenvalue weighted by Crippen LogP contribution is 2.25. The van der Waals surface area contributed by atoms with Gasteiger partial charge < -0.3 is 5.32 Å². The van der Waals surface area contributed by atoms with E-state index in [9.17, 15) is 9.18 Å². The molecule has 0 aliphatic rings. The van der Waals surface area contributed by atoms with Gasteiger partial charge in [-0.1, -0.05) is 39.7 Å². The summed E-state index contributed by atoms with van der Waals surface area (Å²) in [5, 5.41) is 9.78. The summed E-state index contributed by atoms with van der Waals surface area (Å²) in [4.78, 5) is 12.2. The van der Waals surface area contributed by atoms with E-state index in [0.717, 1.165) is 0 Å². The first-order chi connectivity index (χ1) is 11.0. The van der Waals surface area contributed by atoms with Crippen LogP contribution in [0.4, 0.5) is 10.2 Å². The van der Waals surface area contributed by atoms with E-state index in [1.165, 1.54) is 12.1 Å². The lowest BCUT2D eigenvalue weighted by molar-refractivity contribution is 0.102. The normalized spacial score (nSPS) is 10.6. The number of hydrogen-bond acceptors (Lipinski definition) is 2. The van der Waals surface area contributed by atoms with Gasteiger partial charge in [0.1, 0.15) is 5.82 Å². The fourth-order valence-corrected chi connectivity index (χ4v) is 2.76. The molecule has 4 nitrogen and oxygen atoms in total. The molecule has 116 valence electrons. The number of aromatic amines is 1. The number of nitrogens with one attached hydrogen (secondary N) is 2. The molecule has 0 aliphatic heterocycles. The first-order valence-electron chi connectivity index (χ1n) is 6.61. The second-order valence-electron chi connectivity index (χ2n) is 4.76. The Bertz CT molecular complexity index is 861. The predicted octanol–water partition coefficient (Wildman–Crippen LogP) is 4.88. The maximum Gasteiger partial charge on any atom is 0.258 e. The molecule has 2 aromatic carbocycles. The first kappa shape index (κ1) is 15.7. The molecule has 1 aromatic heterocycles. The van der Waals surface area contributed by atoms with Crippen LogP contribution in [-0.2, 0) is 0 Å². The molecule has 0 unspecified atom stereocenters. The van der Waals surface area contributed by atoms with Crippen LogP contribution in [0.3, 0.4) is 0 Å². The number of aromatic nitrogens is 2. The van der Waals surface area contributed by atoms with Gasteiger partial charge in [0, 0.05) is 16.1 Å². The molecule has 3 aromatic rings. The van der Waals surface area contributed by atoms with Crippen LogP contribution in [0.5, 0.6) is 0 Å². The van der Waals surface area contributed by atoms with E-state index >= 15 is 0 Å². The summed E-state index contributed by atoms with van der Waals surface area (Å²) < 4.78 is 14.1. The smallest absolute Gasteiger partial charge is 0.258 e. The van der Waals surface area contributed by atoms with Crippen molar-refractivity contribution in [2.45, 2.75) is 0 Å². The number of rotatable bonds is 3. The maximum absolute atomic E-state index is 13.4. The molecule has 0 atom stereocenters. The second-order valence-corrected chi connectivity index (χ2v) is 6.08. The van der Waals surface area contributed by atoms with Gasteiger partial charge in [-0.25, -0.2) is 4.39 Å². The number of amides is 1. The van der Waals surface area contributed by atoms with Crippen molar-refractivity contribution in [3.63, 3.8) is 0 Å². The average molecular weight is 395 g/mol. The number of carbonyl (C=O) groups is 1. The van der Waals surface area contributed by atoms with Gasteiger partial charge in [0.15, 0.2) is 5.82 Å². The van der Waals surface area contributed by atoms with Crippen molar-refractivity contribution in [3.05, 3.63) is 69.4 Å². The molecule has 23 heavy (non-hydrogen) atoms. The molecule has 0 saturated heterocycles. The highest BCUT2D eigenvalue weighted by atomic mass is 79.9. The number of nitrogens with zero attached hydrogens (tertiary/aromatic N) is 1. The minimum Gasteiger partial charge on any atom is -0.305 e. The number of anilines is 1. The molecule has 1 amide bonds. The monoisotopic (exact) mass is 393 g/mol. The molecule has 0 saturated carbocycles. The molecule has 0 aliphatic carbocycles. The fraction of sp³-hybridized carbons (Fsp3) is 0. The molecule has 0 radical (unpaired) electrons. The minimum atomic E-state index is -0.370. The number of hydrogen-bond donors (Lipinski definition) is 2. The van der Waals surface area contributed by atoms with Gasteiger partial charge >= 0.3 is 0 Å². The van der Waals surface area contributed by atoms with E-state index in [2.05, 4.69) is 31.4 Å². The van der Waals surface area contributed by atoms with Crippen molar-refractivity contribution in [2.75, 3.05) is 5.32 Å². The lowest BCUT2D eigenvalue weighted by Gasteiger charge is -2.03. The third-order valence-electron chi connectivity index (χ3n) is 3.11. The van der Waals surface area contributed by atoms with Crippen LogP contribution in [-0.4, -0.2) is 16.1 Å². The molecule has 0 bridgehead atoms. The van der Waals surface area contributed by atoms with Crippen LogP contribution in [0.2, 0.25) is 5.02 Å². The SMILES string of the molecule is O=C(Nc1cc(-c2cc(F)cc(Br)c2)[nH]n1)c1ccccc1Cl. The Morgan fingerprint density at radius 2 is 2.00 bits per heavy atom. The Morgan fingerprint density at radius 3 is 2.74 bits per heavy atom. The summed E-state index contributed by atoms with van der Waals surface area (Å²) in [5.41, 5.74) is 1.55. The van der Waals surface area contributed by atoms with Crippen LogP contribution in [0.15, 0.2) is 53.0 Å². The Labute approximate surface area is 144 Å². The Balaban J connectivity index is 1.82. The van der Waals surface area contributed by atoms with Crippen molar-refractivity contribution in [1.82, 2.24) is 10.2 Å². The Hall–Kier alpha value is -2.18. The van der Waals surface area contributed by atoms with Gasteiger partial charge in [0.2, 0.25) is 0 Å². The highest BCUT2D eigenvalue weighted by molar-refractivity contribution is 9.10. The van der Waals surface area contributed by atoms with E-state index in [4.69, 9.17) is 11.6 Å². The Kier molecular flexibility index (Phi) is 4.45. The number of carbonyl (C=O) groups excluding carboxylic acids is 1. The molecule has 3 rings (SSSR count). The lowest BCUT2D eigenvalue weighted by Crippen LogP contribution is -2.12. The van der Waals surface area contributed by atoms with Gasteiger partial charge in [0.05, 0.1) is 16.3 Å². The van der Waals surface area contributed by atoms with E-state index in [1.54, 1.807) is 36.4 Å². The fourth-order valence-electron chi connectivity index (χ4n) is 2.07. The second kappa shape index (κ2) is 6.52. The summed E-state index contributed by atoms with van der Waals surface area (Å²) >= 11 is 9.22. The maximum atomic E-state index is 13.4. The summed E-state index contributed by atoms with van der Waals surface area (Å²) in [5.74, 6) is -0.412. The molecule has 0 spiro atoms. The van der Waals surface area contributed by atoms with E-state index in [-0.39, 0.29) is 11.7 Å². The first-order valence-corrected chi connectivity index (χ1v) is 7.78. The lowest BCUT2D eigenvalue weighted by atomic mass is 10.1. The largest absolute Gasteiger partial charge is 0.305 e. The van der Waals surface area contributed by atoms with Crippen LogP contribution in [0, 0.1) is 5.82 Å². The number of H-pyrrole nitrogens is 1. The zero-order chi connectivity index (χ0) is 16.4. The van der Waals surface area contributed by atoms with Gasteiger partial charge in [-0.15, -0.1) is 0 Å². The zero-order valence-electron chi connectivity index (χ0n) is 11.6. The average Bonchev–Trinajstić information content (AvgIpc) is 2.95. The van der Waals surface area contributed by atoms with Gasteiger partial charge in [0.25, 0.3) is 5.91 Å². The standard InChI is InChI=1S/C16H10BrClFN3O/c17-10-5-9(6-11(19)7-10)14-8-15(22-21-14)20-16(23)12-3-1-2-4-13(12)18/h1-8H,(H2,20,21,22,23). The van der Waals surface area contributed by atoms with Crippen molar-refractivity contribution >= 4 is 39.3 Å². The number of halogens is 3. The molecule has 0 fully saturated rings. The van der Waals surface area contributed by atoms with Crippen LogP contribution in [0.25, 0.3) is 11.3 Å². The summed E-state index contributed by atoms with van der Waals surface area (Å²) in [7, 11) is 0. The third kappa shape index (κ3) is 3.60. The molecular weight excluding hydrogens is 385 g/mol. The van der Waals surface area contributed by atoms with Gasteiger partial charge in [-0.3, -0.25) is 9.89 Å². The zero-order valence-corrected chi connectivity index (χ0v) is 14.0. The minimum absolute atomic E-state index is 0.324. The molecule has 7 heteroatoms. The van der Waals surface area contributed by atoms with E-state index in [0.29, 0.717) is 32.1 Å². The number of benzene rings is 2. The highest BCUT2D eigenvalue weighted by Gasteiger charge is 2.12. The predicted molar refractivity (Wildman–Crippen MR) is 91.1 cm³/mol. The summed E-state index contributed by atoms with van der Waals surface area (Å²) in [6.45, 7) is 0. The third-order valence-corrected chi connectivity index (χ3v) is 3.90. The van der Waals surface area contributed by atoms with Gasteiger partial charge in [-0.2, -0.15) is 5.10 Å². The quantitative estimate of drug-likeness (QED) is 0.665. The molecular formula is C16H10BrClFN3O. The summed E-state index contributed by atoms with van der Waals surface area (Å²) in [6, 6.07) is 12.8. The van der Waals surface area contributed by atoms with Crippen LogP contribution < -0.4 is 5.32 Å². The summed E-state index contributed by atoms with van der Waals surface area (Å²) in [6.07, 6.45) is 0. The van der Waals surface area contributed by atoms with E-state index < -0.39 is 0 Å². The van der Waals surface area contributed by atoms with Crippen molar-refractivity contribution in [3.8, 4) is 11.3 Å². The van der Waals surface area contributed by atoms with Crippen LogP contribution >= 0.6 is 27.5 Å². The van der Waals surface area contributed by atoms with Crippen molar-refractivity contribution < 1.29 is 9.18 Å². The van der Waals surface area contributed by atoms with Crippen molar-refractivity contribution in [1.29, 1.82) is 0 Å². The molecule has 2 N–H and O–H groups in total. The van der Waals surface area contributed by atoms with E-state index in [1.807, 2.05) is 0 Å². The van der Waals surface area contributed by atoms with Crippen LogP contribution in [0.1, 0.15) is 10.4 Å². The van der Waals surface area contributed by atoms with Gasteiger partial charge in [-0.05, 0) is 30.3 Å². The molecule has 1 heterocycles. The topological polar surface area (TPSA) is 57.8 Å². The van der Waals surface area contributed by atoms with Crippen molar-refractivity contribution in [2.24, 2.45) is 0 Å². The Morgan fingerprint density at radius 1 is 1.22 bits per heavy atom.